The fraction of sp³-hybridized carbons (Fsp3) is 0.357. The number of nitrogens with one attached hydrogen (secondary N) is 3. The van der Waals surface area contributed by atoms with Gasteiger partial charge < -0.3 is 10.6 Å². The zero-order valence-corrected chi connectivity index (χ0v) is 12.8. The van der Waals surface area contributed by atoms with Gasteiger partial charge in [-0.05, 0) is 17.7 Å². The van der Waals surface area contributed by atoms with Crippen LogP contribution >= 0.6 is 11.8 Å². The van der Waals surface area contributed by atoms with Gasteiger partial charge in [0.2, 0.25) is 5.91 Å². The Balaban J connectivity index is 1.66. The van der Waals surface area contributed by atoms with E-state index in [4.69, 9.17) is 0 Å². The van der Waals surface area contributed by atoms with E-state index in [0.29, 0.717) is 11.3 Å². The van der Waals surface area contributed by atoms with Crippen molar-refractivity contribution in [1.29, 1.82) is 0 Å². The van der Waals surface area contributed by atoms with Gasteiger partial charge in [-0.1, -0.05) is 12.1 Å². The van der Waals surface area contributed by atoms with Crippen LogP contribution in [-0.4, -0.2) is 47.5 Å². The third-order valence-electron chi connectivity index (χ3n) is 3.69. The van der Waals surface area contributed by atoms with Crippen LogP contribution < -0.4 is 16.0 Å². The summed E-state index contributed by atoms with van der Waals surface area (Å²) in [6.45, 7) is 0. The van der Waals surface area contributed by atoms with Crippen LogP contribution in [-0.2, 0) is 9.59 Å². The standard InChI is InChI=1S/C14H16N4O3S/c1-18-13(20)11(17-14(18)21)8-2-4-9(5-3-8)16-12(19)10-6-22-7-15-10/h2-5,10-11,15H,6-7H2,1H3,(H,16,19)(H,17,21). The molecule has 2 aliphatic rings. The fourth-order valence-corrected chi connectivity index (χ4v) is 3.30. The van der Waals surface area contributed by atoms with Crippen molar-refractivity contribution in [3.8, 4) is 0 Å². The average molecular weight is 320 g/mol. The molecule has 1 aromatic rings. The molecule has 0 bridgehead atoms. The number of imide groups is 1. The summed E-state index contributed by atoms with van der Waals surface area (Å²) in [5, 5.41) is 8.55. The number of nitrogens with zero attached hydrogens (tertiary/aromatic N) is 1. The maximum Gasteiger partial charge on any atom is 0.324 e. The van der Waals surface area contributed by atoms with Gasteiger partial charge in [-0.15, -0.1) is 11.8 Å². The van der Waals surface area contributed by atoms with Crippen molar-refractivity contribution < 1.29 is 14.4 Å². The van der Waals surface area contributed by atoms with Gasteiger partial charge >= 0.3 is 6.03 Å². The minimum absolute atomic E-state index is 0.0669. The van der Waals surface area contributed by atoms with Gasteiger partial charge in [-0.2, -0.15) is 0 Å². The lowest BCUT2D eigenvalue weighted by atomic mass is 10.1. The quantitative estimate of drug-likeness (QED) is 0.706. The predicted octanol–water partition coefficient (Wildman–Crippen LogP) is 0.510. The maximum atomic E-state index is 12.0. The van der Waals surface area contributed by atoms with E-state index in [1.807, 2.05) is 0 Å². The van der Waals surface area contributed by atoms with Crippen LogP contribution in [0.15, 0.2) is 24.3 Å². The number of hydrogen-bond donors (Lipinski definition) is 3. The van der Waals surface area contributed by atoms with E-state index in [9.17, 15) is 14.4 Å². The molecule has 3 N–H and O–H groups in total. The Hall–Kier alpha value is -2.06. The topological polar surface area (TPSA) is 90.5 Å². The fourth-order valence-electron chi connectivity index (χ4n) is 2.35. The van der Waals surface area contributed by atoms with Gasteiger partial charge in [0.05, 0.1) is 6.04 Å². The van der Waals surface area contributed by atoms with Crippen LogP contribution in [0.5, 0.6) is 0 Å². The molecular weight excluding hydrogens is 304 g/mol. The van der Waals surface area contributed by atoms with Crippen molar-refractivity contribution in [2.45, 2.75) is 12.1 Å². The first-order valence-corrected chi connectivity index (χ1v) is 8.02. The van der Waals surface area contributed by atoms with Crippen LogP contribution in [0, 0.1) is 0 Å². The average Bonchev–Trinajstić information content (AvgIpc) is 3.13. The van der Waals surface area contributed by atoms with Crippen LogP contribution in [0.2, 0.25) is 0 Å². The highest BCUT2D eigenvalue weighted by Crippen LogP contribution is 2.22. The van der Waals surface area contributed by atoms with E-state index >= 15 is 0 Å². The minimum Gasteiger partial charge on any atom is -0.325 e. The van der Waals surface area contributed by atoms with Crippen molar-refractivity contribution >= 4 is 35.3 Å². The summed E-state index contributed by atoms with van der Waals surface area (Å²) in [5.41, 5.74) is 1.35. The molecule has 22 heavy (non-hydrogen) atoms. The van der Waals surface area contributed by atoms with Crippen LogP contribution in [0.25, 0.3) is 0 Å². The molecular formula is C14H16N4O3S. The predicted molar refractivity (Wildman–Crippen MR) is 83.4 cm³/mol. The molecule has 0 saturated carbocycles. The normalized spacial score (nSPS) is 24.5. The van der Waals surface area contributed by atoms with Gasteiger partial charge in [0.25, 0.3) is 5.91 Å². The first-order valence-electron chi connectivity index (χ1n) is 6.86. The second-order valence-corrected chi connectivity index (χ2v) is 6.19. The van der Waals surface area contributed by atoms with Gasteiger partial charge in [-0.25, -0.2) is 4.79 Å². The SMILES string of the molecule is CN1C(=O)NC(c2ccc(NC(=O)C3CSCN3)cc2)C1=O. The summed E-state index contributed by atoms with van der Waals surface area (Å²) in [6, 6.07) is 5.68. The van der Waals surface area contributed by atoms with Crippen LogP contribution in [0.1, 0.15) is 11.6 Å². The van der Waals surface area contributed by atoms with Gasteiger partial charge in [-0.3, -0.25) is 19.8 Å². The summed E-state index contributed by atoms with van der Waals surface area (Å²) in [5.74, 6) is 1.20. The van der Waals surface area contributed by atoms with E-state index in [-0.39, 0.29) is 17.9 Å². The van der Waals surface area contributed by atoms with E-state index in [1.54, 1.807) is 36.0 Å². The molecule has 0 aromatic heterocycles. The second kappa shape index (κ2) is 5.98. The van der Waals surface area contributed by atoms with Crippen molar-refractivity contribution in [2.24, 2.45) is 0 Å². The number of thioether (sulfide) groups is 1. The molecule has 4 amide bonds. The van der Waals surface area contributed by atoms with Crippen molar-refractivity contribution in [3.05, 3.63) is 29.8 Å². The Kier molecular flexibility index (Phi) is 4.04. The highest BCUT2D eigenvalue weighted by molar-refractivity contribution is 7.99. The molecule has 2 unspecified atom stereocenters. The molecule has 0 radical (unpaired) electrons. The number of amides is 4. The van der Waals surface area contributed by atoms with E-state index < -0.39 is 12.1 Å². The number of likely N-dealkylation sites (N-methyl/N-ethyl adjacent to an activating group) is 1. The van der Waals surface area contributed by atoms with Gasteiger partial charge in [0, 0.05) is 24.4 Å². The summed E-state index contributed by atoms with van der Waals surface area (Å²) < 4.78 is 0. The molecule has 7 nitrogen and oxygen atoms in total. The first-order chi connectivity index (χ1) is 10.6. The van der Waals surface area contributed by atoms with E-state index in [0.717, 1.165) is 16.5 Å². The summed E-state index contributed by atoms with van der Waals surface area (Å²) in [4.78, 5) is 36.4. The smallest absolute Gasteiger partial charge is 0.324 e. The number of anilines is 1. The van der Waals surface area contributed by atoms with Gasteiger partial charge in [0.15, 0.2) is 0 Å². The first kappa shape index (κ1) is 14.9. The van der Waals surface area contributed by atoms with Crippen molar-refractivity contribution in [2.75, 3.05) is 24.0 Å². The highest BCUT2D eigenvalue weighted by Gasteiger charge is 2.36. The highest BCUT2D eigenvalue weighted by atomic mass is 32.2. The second-order valence-electron chi connectivity index (χ2n) is 5.16. The number of hydrogen-bond acceptors (Lipinski definition) is 5. The number of urea groups is 1. The monoisotopic (exact) mass is 320 g/mol. The summed E-state index contributed by atoms with van der Waals surface area (Å²) in [7, 11) is 1.44. The molecule has 2 heterocycles. The zero-order chi connectivity index (χ0) is 15.7. The molecule has 116 valence electrons. The Morgan fingerprint density at radius 3 is 2.59 bits per heavy atom. The van der Waals surface area contributed by atoms with Crippen LogP contribution in [0.4, 0.5) is 10.5 Å². The third kappa shape index (κ3) is 2.79. The Labute approximate surface area is 131 Å². The lowest BCUT2D eigenvalue weighted by Gasteiger charge is -2.12. The summed E-state index contributed by atoms with van der Waals surface area (Å²) >= 11 is 1.69. The largest absolute Gasteiger partial charge is 0.325 e. The number of benzene rings is 1. The maximum absolute atomic E-state index is 12.0. The molecule has 0 spiro atoms. The van der Waals surface area contributed by atoms with E-state index in [1.165, 1.54) is 7.05 Å². The molecule has 1 aromatic carbocycles. The van der Waals surface area contributed by atoms with Crippen molar-refractivity contribution in [1.82, 2.24) is 15.5 Å². The van der Waals surface area contributed by atoms with Crippen LogP contribution in [0.3, 0.4) is 0 Å². The zero-order valence-electron chi connectivity index (χ0n) is 12.0. The summed E-state index contributed by atoms with van der Waals surface area (Å²) in [6.07, 6.45) is 0. The molecule has 2 fully saturated rings. The lowest BCUT2D eigenvalue weighted by Crippen LogP contribution is -2.37. The van der Waals surface area contributed by atoms with Gasteiger partial charge in [0.1, 0.15) is 6.04 Å². The molecule has 0 aliphatic carbocycles. The Morgan fingerprint density at radius 2 is 2.05 bits per heavy atom. The molecule has 8 heteroatoms. The molecule has 2 atom stereocenters. The van der Waals surface area contributed by atoms with E-state index in [2.05, 4.69) is 16.0 Å². The Bertz CT molecular complexity index is 613. The number of carbonyl (C=O) groups is 3. The molecule has 3 rings (SSSR count). The lowest BCUT2D eigenvalue weighted by molar-refractivity contribution is -0.126. The Morgan fingerprint density at radius 1 is 1.32 bits per heavy atom. The van der Waals surface area contributed by atoms with Crippen molar-refractivity contribution in [3.63, 3.8) is 0 Å². The number of carbonyl (C=O) groups excluding carboxylic acids is 3. The third-order valence-corrected chi connectivity index (χ3v) is 4.63. The minimum atomic E-state index is -0.657. The molecule has 2 aliphatic heterocycles. The number of rotatable bonds is 3. The molecule has 2 saturated heterocycles.